The second-order valence-electron chi connectivity index (χ2n) is 3.41. The first-order chi connectivity index (χ1) is 9.81. The van der Waals surface area contributed by atoms with Gasteiger partial charge in [0.15, 0.2) is 0 Å². The number of hydrogen-bond donors (Lipinski definition) is 1. The molecule has 0 atom stereocenters. The predicted octanol–water partition coefficient (Wildman–Crippen LogP) is 5.36. The van der Waals surface area contributed by atoms with Crippen LogP contribution < -0.4 is 0 Å². The van der Waals surface area contributed by atoms with Gasteiger partial charge in [-0.3, -0.25) is 4.55 Å². The van der Waals surface area contributed by atoms with E-state index in [9.17, 15) is 8.42 Å². The van der Waals surface area contributed by atoms with Gasteiger partial charge in [-0.1, -0.05) is 42.5 Å². The summed E-state index contributed by atoms with van der Waals surface area (Å²) < 4.78 is 29.4. The molecule has 118 valence electrons. The zero-order valence-electron chi connectivity index (χ0n) is 10.4. The van der Waals surface area contributed by atoms with Gasteiger partial charge in [0.25, 0.3) is 10.1 Å². The Balaban J connectivity index is 0.000000342. The summed E-state index contributed by atoms with van der Waals surface area (Å²) in [5.41, 5.74) is 14.8. The van der Waals surface area contributed by atoms with Gasteiger partial charge in [0.05, 0.1) is 4.90 Å². The van der Waals surface area contributed by atoms with Crippen LogP contribution in [0.3, 0.4) is 0 Å². The number of benzene rings is 2. The Hall–Kier alpha value is -0.782. The molecule has 0 aromatic heterocycles. The van der Waals surface area contributed by atoms with Crippen LogP contribution in [0.25, 0.3) is 11.5 Å². The Morgan fingerprint density at radius 2 is 1.24 bits per heavy atom. The van der Waals surface area contributed by atoms with Crippen molar-refractivity contribution in [2.75, 3.05) is 0 Å². The second kappa shape index (κ2) is 10.9. The Morgan fingerprint density at radius 3 is 1.52 bits per heavy atom. The fourth-order valence-electron chi connectivity index (χ4n) is 1.07. The van der Waals surface area contributed by atoms with E-state index in [1.165, 1.54) is 24.3 Å². The summed E-state index contributed by atoms with van der Waals surface area (Å²) in [6.07, 6.45) is 0. The average molecular weight is 530 g/mol. The van der Waals surface area contributed by atoms with Gasteiger partial charge in [-0.05, 0) is 12.1 Å². The quantitative estimate of drug-likeness (QED) is 0.502. The Kier molecular flexibility index (Phi) is 10.5. The summed E-state index contributed by atoms with van der Waals surface area (Å²) in [5, 5.41) is 0. The van der Waals surface area contributed by atoms with Crippen LogP contribution in [0.4, 0.5) is 11.4 Å². The summed E-state index contributed by atoms with van der Waals surface area (Å²) in [5.74, 6) is 0. The maximum absolute atomic E-state index is 10.4. The zero-order valence-corrected chi connectivity index (χ0v) is 15.0. The molecule has 0 aliphatic heterocycles. The van der Waals surface area contributed by atoms with E-state index < -0.39 is 26.6 Å². The van der Waals surface area contributed by atoms with E-state index in [-0.39, 0.29) is 10.6 Å². The number of nitrogens with one attached hydrogen (secondary N) is 2. The van der Waals surface area contributed by atoms with Crippen molar-refractivity contribution in [1.82, 2.24) is 0 Å². The average Bonchev–Trinajstić information content (AvgIpc) is 2.40. The summed E-state index contributed by atoms with van der Waals surface area (Å²) >= 11 is -0.472. The molecule has 21 heavy (non-hydrogen) atoms. The first kappa shape index (κ1) is 20.2. The van der Waals surface area contributed by atoms with E-state index in [1.54, 1.807) is 12.1 Å². The van der Waals surface area contributed by atoms with Crippen LogP contribution in [-0.2, 0) is 26.6 Å². The van der Waals surface area contributed by atoms with Crippen LogP contribution in [0, 0.1) is 0 Å². The molecular weight excluding hydrogens is 518 g/mol. The minimum Gasteiger partial charge on any atom is -0.699 e. The van der Waals surface area contributed by atoms with Crippen molar-refractivity contribution in [3.05, 3.63) is 66.1 Å². The molecule has 0 amide bonds. The van der Waals surface area contributed by atoms with Crippen molar-refractivity contribution >= 4 is 40.3 Å². The minimum atomic E-state index is -4.10. The smallest absolute Gasteiger partial charge is 0.294 e. The second-order valence-corrected chi connectivity index (χ2v) is 8.11. The topological polar surface area (TPSA) is 102 Å². The molecule has 5 nitrogen and oxygen atoms in total. The fraction of sp³-hybridized carbons (Fsp3) is 0. The summed E-state index contributed by atoms with van der Waals surface area (Å²) in [7, 11) is 5.65. The third-order valence-corrected chi connectivity index (χ3v) is 2.79. The van der Waals surface area contributed by atoms with Crippen LogP contribution in [-0.4, -0.2) is 13.0 Å². The van der Waals surface area contributed by atoms with E-state index in [4.69, 9.17) is 34.9 Å². The van der Waals surface area contributed by atoms with E-state index in [0.29, 0.717) is 5.69 Å². The third kappa shape index (κ3) is 10.6. The number of hydrogen-bond acceptors (Lipinski definition) is 2. The number of rotatable bonds is 1. The molecule has 2 aromatic rings. The van der Waals surface area contributed by atoms with Crippen molar-refractivity contribution in [2.24, 2.45) is 0 Å². The van der Waals surface area contributed by atoms with Crippen LogP contribution >= 0.6 is 18.8 Å². The van der Waals surface area contributed by atoms with Gasteiger partial charge in [0.2, 0.25) is 0 Å². The van der Waals surface area contributed by atoms with Gasteiger partial charge in [-0.25, -0.2) is 0 Å². The molecule has 2 aromatic carbocycles. The van der Waals surface area contributed by atoms with Crippen LogP contribution in [0.2, 0.25) is 0 Å². The van der Waals surface area contributed by atoms with Gasteiger partial charge in [0.1, 0.15) is 0 Å². The molecular formula is C12H12Cl2N2O3PtS. The van der Waals surface area contributed by atoms with Crippen LogP contribution in [0.15, 0.2) is 59.5 Å². The molecule has 9 heteroatoms. The molecule has 0 bridgehead atoms. The van der Waals surface area contributed by atoms with E-state index in [1.807, 2.05) is 18.2 Å². The van der Waals surface area contributed by atoms with Crippen molar-refractivity contribution in [1.29, 1.82) is 0 Å². The molecule has 0 unspecified atom stereocenters. The van der Waals surface area contributed by atoms with Gasteiger partial charge < -0.3 is 11.5 Å². The maximum Gasteiger partial charge on any atom is 0.294 e. The third-order valence-electron chi connectivity index (χ3n) is 1.93. The number of halogens is 2. The molecule has 0 aliphatic carbocycles. The Morgan fingerprint density at radius 1 is 0.857 bits per heavy atom. The molecule has 2 rings (SSSR count). The molecule has 0 spiro atoms. The maximum atomic E-state index is 10.4. The van der Waals surface area contributed by atoms with Crippen LogP contribution in [0.5, 0.6) is 0 Å². The Bertz CT molecular complexity index is 610. The standard InChI is InChI=1S/C6H6NO3S.C6H6N.2ClH.Pt/c7-5-1-3-6(4-2-5)11(8,9)10;7-6-4-2-1-3-5-6;;;/h1-4,7H,(H,8,9,10);1-5,7H;2*1H;/q2*-1;;;+4/p-2. The summed E-state index contributed by atoms with van der Waals surface area (Å²) in [6, 6.07) is 14.0. The van der Waals surface area contributed by atoms with Gasteiger partial charge in [-0.2, -0.15) is 8.42 Å². The first-order valence-electron chi connectivity index (χ1n) is 5.19. The SMILES string of the molecule is [Cl][Pt+2][Cl].[NH-]c1ccc(S(=O)(=O)O)cc1.[NH-]c1ccccc1. The monoisotopic (exact) mass is 529 g/mol. The van der Waals surface area contributed by atoms with Crippen LogP contribution in [0.1, 0.15) is 0 Å². The minimum absolute atomic E-state index is 0.187. The van der Waals surface area contributed by atoms with Gasteiger partial charge >= 0.3 is 35.3 Å². The van der Waals surface area contributed by atoms with Gasteiger partial charge in [0, 0.05) is 0 Å². The van der Waals surface area contributed by atoms with E-state index in [2.05, 4.69) is 0 Å². The molecule has 0 heterocycles. The van der Waals surface area contributed by atoms with Crippen molar-refractivity contribution < 1.29 is 29.5 Å². The predicted molar refractivity (Wildman–Crippen MR) is 82.4 cm³/mol. The largest absolute Gasteiger partial charge is 0.699 e. The molecule has 0 aliphatic rings. The Labute approximate surface area is 140 Å². The molecule has 0 saturated carbocycles. The van der Waals surface area contributed by atoms with E-state index in [0.717, 1.165) is 0 Å². The summed E-state index contributed by atoms with van der Waals surface area (Å²) in [6.45, 7) is 0. The first-order valence-corrected chi connectivity index (χ1v) is 12.3. The fourth-order valence-corrected chi connectivity index (χ4v) is 1.55. The normalized spacial score (nSPS) is 9.86. The van der Waals surface area contributed by atoms with Gasteiger partial charge in [-0.15, -0.1) is 11.4 Å². The molecule has 0 fully saturated rings. The molecule has 3 N–H and O–H groups in total. The molecule has 0 radical (unpaired) electrons. The summed E-state index contributed by atoms with van der Waals surface area (Å²) in [4.78, 5) is -0.187. The van der Waals surface area contributed by atoms with E-state index >= 15 is 0 Å². The van der Waals surface area contributed by atoms with Crippen molar-refractivity contribution in [3.8, 4) is 0 Å². The molecule has 0 saturated heterocycles. The zero-order chi connectivity index (χ0) is 16.3. The van der Waals surface area contributed by atoms with Crippen molar-refractivity contribution in [3.63, 3.8) is 0 Å². The van der Waals surface area contributed by atoms with Crippen molar-refractivity contribution in [2.45, 2.75) is 4.90 Å².